The van der Waals surface area contributed by atoms with E-state index in [9.17, 15) is 4.79 Å². The van der Waals surface area contributed by atoms with Crippen LogP contribution in [0.2, 0.25) is 0 Å². The molecule has 1 amide bonds. The largest absolute Gasteiger partial charge is 0.493 e. The maximum atomic E-state index is 11.0. The van der Waals surface area contributed by atoms with E-state index in [0.29, 0.717) is 0 Å². The highest BCUT2D eigenvalue weighted by Gasteiger charge is 2.09. The number of piperidine rings is 1. The van der Waals surface area contributed by atoms with Crippen molar-refractivity contribution in [3.05, 3.63) is 24.3 Å². The van der Waals surface area contributed by atoms with E-state index in [1.807, 2.05) is 24.3 Å². The molecule has 1 N–H and O–H groups in total. The summed E-state index contributed by atoms with van der Waals surface area (Å²) in [6.07, 6.45) is 5.09. The zero-order valence-electron chi connectivity index (χ0n) is 12.2. The number of amides is 1. The lowest BCUT2D eigenvalue weighted by Crippen LogP contribution is -2.31. The molecule has 1 fully saturated rings. The van der Waals surface area contributed by atoms with Gasteiger partial charge < -0.3 is 15.0 Å². The number of hydrogen-bond acceptors (Lipinski definition) is 3. The van der Waals surface area contributed by atoms with Gasteiger partial charge in [0.2, 0.25) is 5.91 Å². The number of likely N-dealkylation sites (tertiary alicyclic amines) is 1. The first kappa shape index (κ1) is 14.9. The van der Waals surface area contributed by atoms with Crippen LogP contribution in [0, 0.1) is 0 Å². The van der Waals surface area contributed by atoms with Gasteiger partial charge >= 0.3 is 0 Å². The third-order valence-electron chi connectivity index (χ3n) is 3.49. The number of carbonyl (C=O) groups is 1. The second-order valence-corrected chi connectivity index (χ2v) is 5.31. The average molecular weight is 276 g/mol. The molecule has 0 aromatic heterocycles. The number of ether oxygens (including phenoxy) is 1. The van der Waals surface area contributed by atoms with Crippen molar-refractivity contribution < 1.29 is 9.53 Å². The van der Waals surface area contributed by atoms with Gasteiger partial charge in [0, 0.05) is 25.2 Å². The maximum absolute atomic E-state index is 11.0. The van der Waals surface area contributed by atoms with Crippen LogP contribution < -0.4 is 10.1 Å². The summed E-state index contributed by atoms with van der Waals surface area (Å²) in [5.74, 6) is 0.752. The minimum atomic E-state index is -0.0627. The number of carbonyl (C=O) groups excluding carboxylic acids is 1. The Morgan fingerprint density at radius 2 is 2.10 bits per heavy atom. The van der Waals surface area contributed by atoms with E-state index >= 15 is 0 Å². The summed E-state index contributed by atoms with van der Waals surface area (Å²) in [7, 11) is 0. The molecule has 1 saturated heterocycles. The molecule has 1 heterocycles. The van der Waals surface area contributed by atoms with Crippen LogP contribution >= 0.6 is 0 Å². The van der Waals surface area contributed by atoms with Crippen LogP contribution in [0.3, 0.4) is 0 Å². The van der Waals surface area contributed by atoms with E-state index in [1.165, 1.54) is 39.3 Å². The maximum Gasteiger partial charge on any atom is 0.221 e. The predicted octanol–water partition coefficient (Wildman–Crippen LogP) is 2.90. The van der Waals surface area contributed by atoms with Crippen LogP contribution in [0.5, 0.6) is 5.75 Å². The molecule has 1 aromatic carbocycles. The summed E-state index contributed by atoms with van der Waals surface area (Å²) in [6.45, 7) is 5.81. The Morgan fingerprint density at radius 1 is 1.30 bits per heavy atom. The van der Waals surface area contributed by atoms with Crippen molar-refractivity contribution >= 4 is 11.6 Å². The van der Waals surface area contributed by atoms with Crippen molar-refractivity contribution in [3.8, 4) is 5.75 Å². The van der Waals surface area contributed by atoms with Crippen LogP contribution in [-0.4, -0.2) is 37.0 Å². The molecule has 4 nitrogen and oxygen atoms in total. The number of rotatable bonds is 6. The fourth-order valence-corrected chi connectivity index (χ4v) is 2.53. The highest BCUT2D eigenvalue weighted by atomic mass is 16.5. The third-order valence-corrected chi connectivity index (χ3v) is 3.49. The minimum absolute atomic E-state index is 0.0627. The fourth-order valence-electron chi connectivity index (χ4n) is 2.53. The van der Waals surface area contributed by atoms with E-state index < -0.39 is 0 Å². The van der Waals surface area contributed by atoms with Gasteiger partial charge in [0.05, 0.1) is 6.61 Å². The molecular weight excluding hydrogens is 252 g/mol. The molecule has 1 aliphatic heterocycles. The van der Waals surface area contributed by atoms with Gasteiger partial charge in [-0.15, -0.1) is 0 Å². The van der Waals surface area contributed by atoms with E-state index in [0.717, 1.165) is 31.0 Å². The number of nitrogens with one attached hydrogen (secondary N) is 1. The van der Waals surface area contributed by atoms with E-state index in [1.54, 1.807) is 0 Å². The Kier molecular flexibility index (Phi) is 5.87. The highest BCUT2D eigenvalue weighted by Crippen LogP contribution is 2.17. The fraction of sp³-hybridized carbons (Fsp3) is 0.562. The van der Waals surface area contributed by atoms with E-state index in [4.69, 9.17) is 4.74 Å². The molecule has 1 aromatic rings. The van der Waals surface area contributed by atoms with Crippen molar-refractivity contribution in [2.45, 2.75) is 32.6 Å². The molecule has 0 spiro atoms. The number of hydrogen-bond donors (Lipinski definition) is 1. The van der Waals surface area contributed by atoms with Gasteiger partial charge in [-0.3, -0.25) is 4.79 Å². The Morgan fingerprint density at radius 3 is 2.85 bits per heavy atom. The SMILES string of the molecule is CC(=O)Nc1cccc(OCCCN2CCCCC2)c1. The average Bonchev–Trinajstić information content (AvgIpc) is 2.44. The van der Waals surface area contributed by atoms with E-state index in [2.05, 4.69) is 10.2 Å². The lowest BCUT2D eigenvalue weighted by molar-refractivity contribution is -0.114. The van der Waals surface area contributed by atoms with Crippen molar-refractivity contribution in [1.29, 1.82) is 0 Å². The zero-order valence-corrected chi connectivity index (χ0v) is 12.2. The second kappa shape index (κ2) is 7.90. The third kappa shape index (κ3) is 5.21. The molecule has 20 heavy (non-hydrogen) atoms. The summed E-state index contributed by atoms with van der Waals surface area (Å²) in [4.78, 5) is 13.5. The van der Waals surface area contributed by atoms with Gasteiger partial charge in [0.25, 0.3) is 0 Å². The van der Waals surface area contributed by atoms with Crippen LogP contribution in [0.25, 0.3) is 0 Å². The van der Waals surface area contributed by atoms with Crippen molar-refractivity contribution in [3.63, 3.8) is 0 Å². The van der Waals surface area contributed by atoms with Crippen molar-refractivity contribution in [2.75, 3.05) is 31.6 Å². The van der Waals surface area contributed by atoms with Gasteiger partial charge in [-0.05, 0) is 44.5 Å². The zero-order chi connectivity index (χ0) is 14.2. The Bertz CT molecular complexity index is 428. The van der Waals surface area contributed by atoms with Gasteiger partial charge in [0.15, 0.2) is 0 Å². The molecule has 1 aliphatic rings. The molecule has 0 bridgehead atoms. The number of nitrogens with zero attached hydrogens (tertiary/aromatic N) is 1. The first-order valence-electron chi connectivity index (χ1n) is 7.47. The summed E-state index contributed by atoms with van der Waals surface area (Å²) >= 11 is 0. The quantitative estimate of drug-likeness (QED) is 0.812. The normalized spacial score (nSPS) is 15.8. The molecule has 2 rings (SSSR count). The second-order valence-electron chi connectivity index (χ2n) is 5.31. The Balaban J connectivity index is 1.69. The summed E-state index contributed by atoms with van der Waals surface area (Å²) in [5, 5.41) is 2.76. The topological polar surface area (TPSA) is 41.6 Å². The lowest BCUT2D eigenvalue weighted by atomic mass is 10.1. The van der Waals surface area contributed by atoms with Crippen molar-refractivity contribution in [1.82, 2.24) is 4.90 Å². The van der Waals surface area contributed by atoms with Gasteiger partial charge in [-0.25, -0.2) is 0 Å². The predicted molar refractivity (Wildman–Crippen MR) is 81.1 cm³/mol. The number of anilines is 1. The van der Waals surface area contributed by atoms with Gasteiger partial charge in [-0.2, -0.15) is 0 Å². The first-order valence-corrected chi connectivity index (χ1v) is 7.47. The molecule has 4 heteroatoms. The van der Waals surface area contributed by atoms with Crippen LogP contribution in [0.15, 0.2) is 24.3 Å². The Labute approximate surface area is 121 Å². The van der Waals surface area contributed by atoms with Crippen molar-refractivity contribution in [2.24, 2.45) is 0 Å². The molecular formula is C16H24N2O2. The van der Waals surface area contributed by atoms with Crippen LogP contribution in [-0.2, 0) is 4.79 Å². The minimum Gasteiger partial charge on any atom is -0.493 e. The lowest BCUT2D eigenvalue weighted by Gasteiger charge is -2.26. The first-order chi connectivity index (χ1) is 9.74. The highest BCUT2D eigenvalue weighted by molar-refractivity contribution is 5.88. The summed E-state index contributed by atoms with van der Waals surface area (Å²) in [5.41, 5.74) is 0.783. The van der Waals surface area contributed by atoms with Crippen LogP contribution in [0.4, 0.5) is 5.69 Å². The van der Waals surface area contributed by atoms with E-state index in [-0.39, 0.29) is 5.91 Å². The smallest absolute Gasteiger partial charge is 0.221 e. The van der Waals surface area contributed by atoms with Gasteiger partial charge in [0.1, 0.15) is 5.75 Å². The molecule has 110 valence electrons. The summed E-state index contributed by atoms with van der Waals surface area (Å²) < 4.78 is 5.74. The molecule has 0 radical (unpaired) electrons. The molecule has 0 aliphatic carbocycles. The number of benzene rings is 1. The summed E-state index contributed by atoms with van der Waals surface area (Å²) in [6, 6.07) is 7.54. The monoisotopic (exact) mass is 276 g/mol. The van der Waals surface area contributed by atoms with Gasteiger partial charge in [-0.1, -0.05) is 12.5 Å². The molecule has 0 saturated carbocycles. The standard InChI is InChI=1S/C16H24N2O2/c1-14(19)17-15-7-5-8-16(13-15)20-12-6-11-18-9-3-2-4-10-18/h5,7-8,13H,2-4,6,9-12H2,1H3,(H,17,19). The Hall–Kier alpha value is -1.55. The molecule has 0 unspecified atom stereocenters. The van der Waals surface area contributed by atoms with Crippen LogP contribution in [0.1, 0.15) is 32.6 Å². The molecule has 0 atom stereocenters.